The summed E-state index contributed by atoms with van der Waals surface area (Å²) in [5, 5.41) is 5.96. The lowest BCUT2D eigenvalue weighted by atomic mass is 10.1. The van der Waals surface area contributed by atoms with E-state index in [0.717, 1.165) is 11.8 Å². The lowest BCUT2D eigenvalue weighted by molar-refractivity contribution is -0.122. The van der Waals surface area contributed by atoms with Crippen molar-refractivity contribution in [1.29, 1.82) is 0 Å². The molecule has 0 radical (unpaired) electrons. The molecular weight excluding hydrogens is 490 g/mol. The van der Waals surface area contributed by atoms with Crippen LogP contribution >= 0.6 is 11.6 Å². The second-order valence-electron chi connectivity index (χ2n) is 8.05. The van der Waals surface area contributed by atoms with Crippen LogP contribution in [0, 0.1) is 0 Å². The van der Waals surface area contributed by atoms with Gasteiger partial charge in [0.2, 0.25) is 10.0 Å². The summed E-state index contributed by atoms with van der Waals surface area (Å²) < 4.78 is 31.8. The Kier molecular flexibility index (Phi) is 7.28. The lowest BCUT2D eigenvalue weighted by Crippen LogP contribution is -2.36. The summed E-state index contributed by atoms with van der Waals surface area (Å²) in [5.41, 5.74) is 1.85. The SMILES string of the molecule is CS(=O)(=O)N1CCC(C(=O)Nc2ccccc2C(=O)NCc2ccccc2)Oc2ccc(Cl)cc21. The van der Waals surface area contributed by atoms with Crippen molar-refractivity contribution in [3.05, 3.63) is 88.9 Å². The number of nitrogens with one attached hydrogen (secondary N) is 2. The predicted molar refractivity (Wildman–Crippen MR) is 135 cm³/mol. The van der Waals surface area contributed by atoms with Gasteiger partial charge in [-0.1, -0.05) is 54.1 Å². The van der Waals surface area contributed by atoms with Crippen LogP contribution in [0.25, 0.3) is 0 Å². The molecule has 2 amide bonds. The Morgan fingerprint density at radius 3 is 2.51 bits per heavy atom. The summed E-state index contributed by atoms with van der Waals surface area (Å²) in [7, 11) is -3.62. The number of carbonyl (C=O) groups excluding carboxylic acids is 2. The maximum atomic E-state index is 13.1. The highest BCUT2D eigenvalue weighted by Crippen LogP contribution is 2.36. The number of para-hydroxylation sites is 1. The number of hydrogen-bond donors (Lipinski definition) is 2. The van der Waals surface area contributed by atoms with Crippen LogP contribution < -0.4 is 19.7 Å². The second kappa shape index (κ2) is 10.4. The fourth-order valence-electron chi connectivity index (χ4n) is 3.76. The van der Waals surface area contributed by atoms with Gasteiger partial charge in [-0.3, -0.25) is 13.9 Å². The minimum atomic E-state index is -3.62. The monoisotopic (exact) mass is 513 g/mol. The molecule has 8 nitrogen and oxygen atoms in total. The van der Waals surface area contributed by atoms with Gasteiger partial charge in [0.05, 0.1) is 23.2 Å². The van der Waals surface area contributed by atoms with E-state index >= 15 is 0 Å². The molecule has 182 valence electrons. The standard InChI is InChI=1S/C25H24ClN3O5S/c1-35(32,33)29-14-13-23(34-22-12-11-18(26)15-21(22)29)25(31)28-20-10-6-5-9-19(20)24(30)27-16-17-7-3-2-4-8-17/h2-12,15,23H,13-14,16H2,1H3,(H,27,30)(H,28,31). The molecule has 4 rings (SSSR count). The minimum Gasteiger partial charge on any atom is -0.478 e. The average Bonchev–Trinajstić information content (AvgIpc) is 3.03. The van der Waals surface area contributed by atoms with Crippen LogP contribution in [0.1, 0.15) is 22.3 Å². The number of sulfonamides is 1. The largest absolute Gasteiger partial charge is 0.478 e. The number of carbonyl (C=O) groups is 2. The third-order valence-electron chi connectivity index (χ3n) is 5.47. The van der Waals surface area contributed by atoms with Crippen LogP contribution in [0.5, 0.6) is 5.75 Å². The van der Waals surface area contributed by atoms with Crippen LogP contribution in [-0.2, 0) is 21.4 Å². The van der Waals surface area contributed by atoms with Crippen molar-refractivity contribution in [2.45, 2.75) is 19.1 Å². The lowest BCUT2D eigenvalue weighted by Gasteiger charge is -2.21. The van der Waals surface area contributed by atoms with Gasteiger partial charge in [0.15, 0.2) is 6.10 Å². The molecule has 10 heteroatoms. The van der Waals surface area contributed by atoms with Crippen molar-refractivity contribution < 1.29 is 22.7 Å². The van der Waals surface area contributed by atoms with Crippen LogP contribution in [0.3, 0.4) is 0 Å². The molecule has 35 heavy (non-hydrogen) atoms. The average molecular weight is 514 g/mol. The summed E-state index contributed by atoms with van der Waals surface area (Å²) in [6.07, 6.45) is 0.206. The molecule has 2 N–H and O–H groups in total. The summed E-state index contributed by atoms with van der Waals surface area (Å²) in [4.78, 5) is 26.0. The van der Waals surface area contributed by atoms with E-state index in [0.29, 0.717) is 22.8 Å². The highest BCUT2D eigenvalue weighted by Gasteiger charge is 2.32. The molecule has 3 aromatic carbocycles. The number of ether oxygens (including phenoxy) is 1. The molecule has 0 aliphatic carbocycles. The molecular formula is C25H24ClN3O5S. The van der Waals surface area contributed by atoms with Crippen molar-refractivity contribution in [2.24, 2.45) is 0 Å². The second-order valence-corrected chi connectivity index (χ2v) is 10.4. The van der Waals surface area contributed by atoms with Crippen molar-refractivity contribution in [2.75, 3.05) is 22.4 Å². The van der Waals surface area contributed by atoms with Crippen LogP contribution in [0.2, 0.25) is 5.02 Å². The van der Waals surface area contributed by atoms with E-state index in [9.17, 15) is 18.0 Å². The van der Waals surface area contributed by atoms with Gasteiger partial charge in [0.25, 0.3) is 11.8 Å². The maximum Gasteiger partial charge on any atom is 0.265 e. The minimum absolute atomic E-state index is 0.0312. The zero-order valence-corrected chi connectivity index (χ0v) is 20.5. The summed E-state index contributed by atoms with van der Waals surface area (Å²) in [6.45, 7) is 0.373. The Morgan fingerprint density at radius 2 is 1.77 bits per heavy atom. The van der Waals surface area contributed by atoms with E-state index in [-0.39, 0.29) is 30.3 Å². The predicted octanol–water partition coefficient (Wildman–Crippen LogP) is 3.83. The van der Waals surface area contributed by atoms with Gasteiger partial charge in [-0.2, -0.15) is 0 Å². The third-order valence-corrected chi connectivity index (χ3v) is 6.89. The van der Waals surface area contributed by atoms with E-state index in [1.165, 1.54) is 16.4 Å². The van der Waals surface area contributed by atoms with Crippen LogP contribution in [-0.4, -0.2) is 39.1 Å². The Bertz CT molecular complexity index is 1350. The first-order chi connectivity index (χ1) is 16.7. The van der Waals surface area contributed by atoms with E-state index < -0.39 is 22.0 Å². The number of nitrogens with zero attached hydrogens (tertiary/aromatic N) is 1. The Labute approximate surface area is 208 Å². The zero-order valence-electron chi connectivity index (χ0n) is 18.9. The molecule has 1 atom stereocenters. The first-order valence-corrected chi connectivity index (χ1v) is 13.1. The van der Waals surface area contributed by atoms with Crippen LogP contribution in [0.15, 0.2) is 72.8 Å². The quantitative estimate of drug-likeness (QED) is 0.521. The van der Waals surface area contributed by atoms with Gasteiger partial charge < -0.3 is 15.4 Å². The van der Waals surface area contributed by atoms with Gasteiger partial charge in [0, 0.05) is 24.5 Å². The fraction of sp³-hybridized carbons (Fsp3) is 0.200. The number of rotatable bonds is 6. The summed E-state index contributed by atoms with van der Waals surface area (Å²) >= 11 is 6.07. The molecule has 1 heterocycles. The first kappa shape index (κ1) is 24.6. The Hall–Kier alpha value is -3.56. The highest BCUT2D eigenvalue weighted by molar-refractivity contribution is 7.92. The van der Waals surface area contributed by atoms with Gasteiger partial charge in [-0.25, -0.2) is 8.42 Å². The van der Waals surface area contributed by atoms with Crippen LogP contribution in [0.4, 0.5) is 11.4 Å². The topological polar surface area (TPSA) is 105 Å². The maximum absolute atomic E-state index is 13.1. The number of fused-ring (bicyclic) bond motifs is 1. The number of hydrogen-bond acceptors (Lipinski definition) is 5. The molecule has 1 aliphatic heterocycles. The zero-order chi connectivity index (χ0) is 25.0. The van der Waals surface area contributed by atoms with Gasteiger partial charge >= 0.3 is 0 Å². The Balaban J connectivity index is 1.51. The normalized spacial score (nSPS) is 15.4. The molecule has 0 fully saturated rings. The summed E-state index contributed by atoms with van der Waals surface area (Å²) in [6, 6.07) is 20.7. The molecule has 0 saturated carbocycles. The van der Waals surface area contributed by atoms with E-state index in [1.54, 1.807) is 30.3 Å². The van der Waals surface area contributed by atoms with E-state index in [4.69, 9.17) is 16.3 Å². The van der Waals surface area contributed by atoms with Gasteiger partial charge in [-0.15, -0.1) is 0 Å². The number of amides is 2. The van der Waals surface area contributed by atoms with Crippen molar-refractivity contribution in [3.8, 4) is 5.75 Å². The van der Waals surface area contributed by atoms with Gasteiger partial charge in [0.1, 0.15) is 5.75 Å². The highest BCUT2D eigenvalue weighted by atomic mass is 35.5. The molecule has 0 spiro atoms. The van der Waals surface area contributed by atoms with E-state index in [1.807, 2.05) is 30.3 Å². The van der Waals surface area contributed by atoms with Crippen molar-refractivity contribution in [1.82, 2.24) is 5.32 Å². The smallest absolute Gasteiger partial charge is 0.265 e. The Morgan fingerprint density at radius 1 is 1.06 bits per heavy atom. The van der Waals surface area contributed by atoms with Gasteiger partial charge in [-0.05, 0) is 35.9 Å². The molecule has 0 saturated heterocycles. The van der Waals surface area contributed by atoms with Crippen molar-refractivity contribution in [3.63, 3.8) is 0 Å². The first-order valence-electron chi connectivity index (χ1n) is 10.9. The molecule has 1 unspecified atom stereocenters. The molecule has 0 bridgehead atoms. The van der Waals surface area contributed by atoms with Crippen molar-refractivity contribution >= 4 is 44.8 Å². The summed E-state index contributed by atoms with van der Waals surface area (Å²) in [5.74, 6) is -0.606. The number of anilines is 2. The number of benzene rings is 3. The molecule has 3 aromatic rings. The number of halogens is 1. The molecule has 0 aromatic heterocycles. The van der Waals surface area contributed by atoms with E-state index in [2.05, 4.69) is 10.6 Å². The third kappa shape index (κ3) is 5.93. The fourth-order valence-corrected chi connectivity index (χ4v) is 4.86. The molecule has 1 aliphatic rings.